The van der Waals surface area contributed by atoms with Crippen LogP contribution in [0, 0.1) is 11.7 Å². The van der Waals surface area contributed by atoms with Gasteiger partial charge in [0.05, 0.1) is 17.5 Å². The molecule has 2 aromatic carbocycles. The maximum Gasteiger partial charge on any atom is 0.232 e. The minimum absolute atomic E-state index is 0.0788. The molecule has 5 nitrogen and oxygen atoms in total. The van der Waals surface area contributed by atoms with E-state index in [1.165, 1.54) is 0 Å². The number of nitrogens with two attached hydrogens (primary N) is 1. The summed E-state index contributed by atoms with van der Waals surface area (Å²) >= 11 is 5.86. The van der Waals surface area contributed by atoms with Crippen molar-refractivity contribution in [1.29, 1.82) is 0 Å². The van der Waals surface area contributed by atoms with Crippen molar-refractivity contribution in [3.8, 4) is 0 Å². The zero-order valence-corrected chi connectivity index (χ0v) is 17.2. The molecule has 0 radical (unpaired) electrons. The Labute approximate surface area is 174 Å². The van der Waals surface area contributed by atoms with E-state index in [9.17, 15) is 14.0 Å². The van der Waals surface area contributed by atoms with E-state index in [0.717, 1.165) is 0 Å². The molecular weight excluding hydrogens is 393 g/mol. The molecule has 1 unspecified atom stereocenters. The van der Waals surface area contributed by atoms with Crippen LogP contribution in [0.1, 0.15) is 31.4 Å². The number of hydrogen-bond donors (Lipinski definition) is 1. The Morgan fingerprint density at radius 1 is 1.31 bits per heavy atom. The molecule has 1 fully saturated rings. The summed E-state index contributed by atoms with van der Waals surface area (Å²) in [5, 5.41) is 0. The molecule has 2 amide bonds. The number of fused-ring (bicyclic) bond motifs is 1. The molecule has 0 bridgehead atoms. The van der Waals surface area contributed by atoms with Crippen LogP contribution in [0.15, 0.2) is 36.4 Å². The number of carbonyl (C=O) groups is 2. The van der Waals surface area contributed by atoms with E-state index >= 15 is 0 Å². The van der Waals surface area contributed by atoms with Crippen LogP contribution < -0.4 is 15.5 Å². The monoisotopic (exact) mass is 415 g/mol. The number of alkyl halides is 1. The van der Waals surface area contributed by atoms with E-state index in [4.69, 9.17) is 17.3 Å². The molecule has 2 heterocycles. The van der Waals surface area contributed by atoms with Gasteiger partial charge in [0.2, 0.25) is 11.8 Å². The first kappa shape index (κ1) is 19.7. The third-order valence-electron chi connectivity index (χ3n) is 5.79. The van der Waals surface area contributed by atoms with E-state index in [-0.39, 0.29) is 36.5 Å². The molecule has 0 spiro atoms. The SMILES string of the molecule is CC1(C)CN(C(=O)C2CC(=O)N(c3cccc(N)c3)C2)c2ccc(CCl)c(F)c21. The number of anilines is 3. The second kappa shape index (κ2) is 7.02. The lowest BCUT2D eigenvalue weighted by Crippen LogP contribution is -2.39. The van der Waals surface area contributed by atoms with Crippen LogP contribution in [0.5, 0.6) is 0 Å². The predicted octanol–water partition coefficient (Wildman–Crippen LogP) is 3.82. The van der Waals surface area contributed by atoms with Gasteiger partial charge in [-0.2, -0.15) is 0 Å². The Morgan fingerprint density at radius 2 is 2.07 bits per heavy atom. The quantitative estimate of drug-likeness (QED) is 0.612. The van der Waals surface area contributed by atoms with Gasteiger partial charge in [-0.25, -0.2) is 4.39 Å². The normalized spacial score (nSPS) is 20.3. The summed E-state index contributed by atoms with van der Waals surface area (Å²) in [5.74, 6) is -1.02. The number of amides is 2. The minimum Gasteiger partial charge on any atom is -0.399 e. The van der Waals surface area contributed by atoms with Gasteiger partial charge in [-0.05, 0) is 24.3 Å². The molecule has 1 atom stereocenters. The fraction of sp³-hybridized carbons (Fsp3) is 0.364. The van der Waals surface area contributed by atoms with E-state index in [1.54, 1.807) is 46.2 Å². The third kappa shape index (κ3) is 3.25. The van der Waals surface area contributed by atoms with Crippen molar-refractivity contribution in [3.63, 3.8) is 0 Å². The van der Waals surface area contributed by atoms with Crippen LogP contribution in [0.4, 0.5) is 21.5 Å². The van der Waals surface area contributed by atoms with Crippen LogP contribution in [0.3, 0.4) is 0 Å². The smallest absolute Gasteiger partial charge is 0.232 e. The molecule has 7 heteroatoms. The van der Waals surface area contributed by atoms with Gasteiger partial charge in [0.15, 0.2) is 0 Å². The van der Waals surface area contributed by atoms with Crippen LogP contribution in [-0.2, 0) is 20.9 Å². The van der Waals surface area contributed by atoms with Gasteiger partial charge in [-0.3, -0.25) is 9.59 Å². The molecule has 2 N–H and O–H groups in total. The average Bonchev–Trinajstić information content (AvgIpc) is 3.19. The largest absolute Gasteiger partial charge is 0.399 e. The Balaban J connectivity index is 1.62. The zero-order valence-electron chi connectivity index (χ0n) is 16.4. The number of rotatable bonds is 3. The van der Waals surface area contributed by atoms with Gasteiger partial charge in [0.1, 0.15) is 5.82 Å². The zero-order chi connectivity index (χ0) is 20.9. The topological polar surface area (TPSA) is 66.6 Å². The van der Waals surface area contributed by atoms with E-state index < -0.39 is 11.3 Å². The number of halogens is 2. The number of carbonyl (C=O) groups excluding carboxylic acids is 2. The van der Waals surface area contributed by atoms with Crippen LogP contribution >= 0.6 is 11.6 Å². The summed E-state index contributed by atoms with van der Waals surface area (Å²) in [6, 6.07) is 10.4. The van der Waals surface area contributed by atoms with Crippen LogP contribution in [0.25, 0.3) is 0 Å². The predicted molar refractivity (Wildman–Crippen MR) is 113 cm³/mol. The number of hydrogen-bond acceptors (Lipinski definition) is 3. The first-order chi connectivity index (χ1) is 13.7. The molecule has 29 heavy (non-hydrogen) atoms. The molecule has 4 rings (SSSR count). The number of nitrogens with zero attached hydrogens (tertiary/aromatic N) is 2. The summed E-state index contributed by atoms with van der Waals surface area (Å²) in [6.45, 7) is 4.49. The Morgan fingerprint density at radius 3 is 2.76 bits per heavy atom. The van der Waals surface area contributed by atoms with Crippen LogP contribution in [-0.4, -0.2) is 24.9 Å². The first-order valence-corrected chi connectivity index (χ1v) is 10.1. The number of nitrogen functional groups attached to an aromatic ring is 1. The summed E-state index contributed by atoms with van der Waals surface area (Å²) < 4.78 is 15.0. The Bertz CT molecular complexity index is 1010. The standard InChI is InChI=1S/C22H23ClFN3O2/c1-22(2)12-27(17-7-6-13(10-23)20(24)19(17)22)21(29)14-8-18(28)26(11-14)16-5-3-4-15(25)9-16/h3-7,9,14H,8,10-12,25H2,1-2H3. The lowest BCUT2D eigenvalue weighted by Gasteiger charge is -2.23. The van der Waals surface area contributed by atoms with Crippen molar-refractivity contribution in [1.82, 2.24) is 0 Å². The van der Waals surface area contributed by atoms with E-state index in [1.807, 2.05) is 13.8 Å². The van der Waals surface area contributed by atoms with Gasteiger partial charge >= 0.3 is 0 Å². The van der Waals surface area contributed by atoms with E-state index in [2.05, 4.69) is 0 Å². The molecule has 0 aliphatic carbocycles. The fourth-order valence-corrected chi connectivity index (χ4v) is 4.58. The average molecular weight is 416 g/mol. The molecule has 0 saturated carbocycles. The van der Waals surface area contributed by atoms with Crippen molar-refractivity contribution < 1.29 is 14.0 Å². The Kier molecular flexibility index (Phi) is 4.77. The van der Waals surface area contributed by atoms with Crippen LogP contribution in [0.2, 0.25) is 0 Å². The lowest BCUT2D eigenvalue weighted by molar-refractivity contribution is -0.124. The highest BCUT2D eigenvalue weighted by Crippen LogP contribution is 2.44. The maximum absolute atomic E-state index is 15.0. The second-order valence-corrected chi connectivity index (χ2v) is 8.64. The highest BCUT2D eigenvalue weighted by molar-refractivity contribution is 6.17. The Hall–Kier alpha value is -2.60. The maximum atomic E-state index is 15.0. The molecule has 152 valence electrons. The summed E-state index contributed by atoms with van der Waals surface area (Å²) in [6.07, 6.45) is 0.127. The third-order valence-corrected chi connectivity index (χ3v) is 6.08. The lowest BCUT2D eigenvalue weighted by atomic mass is 9.85. The summed E-state index contributed by atoms with van der Waals surface area (Å²) in [4.78, 5) is 29.1. The highest BCUT2D eigenvalue weighted by atomic mass is 35.5. The minimum atomic E-state index is -0.534. The molecule has 2 aliphatic heterocycles. The van der Waals surface area contributed by atoms with Crippen molar-refractivity contribution in [3.05, 3.63) is 53.3 Å². The van der Waals surface area contributed by atoms with Crippen molar-refractivity contribution in [2.75, 3.05) is 28.6 Å². The van der Waals surface area contributed by atoms with Gasteiger partial charge < -0.3 is 15.5 Å². The molecule has 2 aromatic rings. The number of benzene rings is 2. The molecule has 0 aromatic heterocycles. The second-order valence-electron chi connectivity index (χ2n) is 8.38. The molecular formula is C22H23ClFN3O2. The van der Waals surface area contributed by atoms with Gasteiger partial charge in [0.25, 0.3) is 0 Å². The van der Waals surface area contributed by atoms with Gasteiger partial charge in [-0.1, -0.05) is 26.0 Å². The molecule has 1 saturated heterocycles. The van der Waals surface area contributed by atoms with Crippen molar-refractivity contribution in [2.24, 2.45) is 5.92 Å². The molecule has 2 aliphatic rings. The van der Waals surface area contributed by atoms with E-state index in [0.29, 0.717) is 34.7 Å². The van der Waals surface area contributed by atoms with Crippen molar-refractivity contribution in [2.45, 2.75) is 31.6 Å². The fourth-order valence-electron chi connectivity index (χ4n) is 4.37. The van der Waals surface area contributed by atoms with Crippen molar-refractivity contribution >= 4 is 40.5 Å². The highest BCUT2D eigenvalue weighted by Gasteiger charge is 2.45. The van der Waals surface area contributed by atoms with Gasteiger partial charge in [0, 0.05) is 47.4 Å². The first-order valence-electron chi connectivity index (χ1n) is 9.58. The summed E-state index contributed by atoms with van der Waals surface area (Å²) in [5.41, 5.74) is 8.05. The summed E-state index contributed by atoms with van der Waals surface area (Å²) in [7, 11) is 0. The van der Waals surface area contributed by atoms with Gasteiger partial charge in [-0.15, -0.1) is 11.6 Å².